The number of nitrogens with zero attached hydrogens (tertiary/aromatic N) is 1. The molecule has 3 aromatic carbocycles. The zero-order chi connectivity index (χ0) is 18.6. The molecule has 3 aromatic rings. The molecule has 0 amide bonds. The van der Waals surface area contributed by atoms with E-state index in [-0.39, 0.29) is 12.1 Å². The maximum absolute atomic E-state index is 6.61. The molecule has 1 saturated heterocycles. The molecular weight excluding hydrogens is 332 g/mol. The summed E-state index contributed by atoms with van der Waals surface area (Å²) in [5.74, 6) is 1.31. The first kappa shape index (κ1) is 17.8. The van der Waals surface area contributed by atoms with Crippen molar-refractivity contribution < 1.29 is 4.74 Å². The minimum absolute atomic E-state index is 0.00963. The summed E-state index contributed by atoms with van der Waals surface area (Å²) in [4.78, 5) is 2.52. The molecule has 1 aliphatic heterocycles. The lowest BCUT2D eigenvalue weighted by Crippen LogP contribution is -2.52. The van der Waals surface area contributed by atoms with Crippen LogP contribution >= 0.6 is 0 Å². The van der Waals surface area contributed by atoms with E-state index < -0.39 is 0 Å². The number of hydrogen-bond donors (Lipinski definition) is 1. The lowest BCUT2D eigenvalue weighted by atomic mass is 9.83. The van der Waals surface area contributed by atoms with Gasteiger partial charge in [-0.1, -0.05) is 78.9 Å². The van der Waals surface area contributed by atoms with Crippen LogP contribution < -0.4 is 10.5 Å². The van der Waals surface area contributed by atoms with Gasteiger partial charge in [-0.25, -0.2) is 0 Å². The molecule has 4 rings (SSSR count). The maximum Gasteiger partial charge on any atom is 0.123 e. The van der Waals surface area contributed by atoms with Gasteiger partial charge in [0.2, 0.25) is 0 Å². The number of benzene rings is 3. The summed E-state index contributed by atoms with van der Waals surface area (Å²) in [5.41, 5.74) is 10.4. The molecule has 0 radical (unpaired) electrons. The van der Waals surface area contributed by atoms with Crippen LogP contribution in [0.2, 0.25) is 0 Å². The second-order valence-corrected chi connectivity index (χ2v) is 7.21. The Balaban J connectivity index is 1.54. The third kappa shape index (κ3) is 3.61. The first-order valence-electron chi connectivity index (χ1n) is 9.50. The molecule has 3 nitrogen and oxygen atoms in total. The lowest BCUT2D eigenvalue weighted by Gasteiger charge is -2.47. The molecular formula is C24H26N2O. The molecule has 138 valence electrons. The van der Waals surface area contributed by atoms with Crippen LogP contribution in [0.3, 0.4) is 0 Å². The fraction of sp³-hybridized carbons (Fsp3) is 0.250. The van der Waals surface area contributed by atoms with E-state index in [9.17, 15) is 0 Å². The van der Waals surface area contributed by atoms with Gasteiger partial charge in [-0.05, 0) is 17.2 Å². The minimum Gasteiger partial charge on any atom is -0.496 e. The predicted molar refractivity (Wildman–Crippen MR) is 110 cm³/mol. The number of hydrogen-bond acceptors (Lipinski definition) is 3. The second-order valence-electron chi connectivity index (χ2n) is 7.21. The summed E-state index contributed by atoms with van der Waals surface area (Å²) >= 11 is 0. The Hall–Kier alpha value is -2.62. The minimum atomic E-state index is -0.00963. The molecule has 0 saturated carbocycles. The van der Waals surface area contributed by atoms with Gasteiger partial charge in [-0.15, -0.1) is 0 Å². The predicted octanol–water partition coefficient (Wildman–Crippen LogP) is 4.42. The fourth-order valence-electron chi connectivity index (χ4n) is 4.07. The van der Waals surface area contributed by atoms with Crippen LogP contribution in [0.5, 0.6) is 5.75 Å². The molecule has 1 heterocycles. The van der Waals surface area contributed by atoms with E-state index in [2.05, 4.69) is 71.6 Å². The van der Waals surface area contributed by atoms with Crippen LogP contribution in [0.15, 0.2) is 84.9 Å². The fourth-order valence-corrected chi connectivity index (χ4v) is 4.07. The summed E-state index contributed by atoms with van der Waals surface area (Å²) in [6.07, 6.45) is 0. The van der Waals surface area contributed by atoms with Crippen LogP contribution in [0.4, 0.5) is 0 Å². The van der Waals surface area contributed by atoms with E-state index in [4.69, 9.17) is 10.5 Å². The van der Waals surface area contributed by atoms with Crippen molar-refractivity contribution in [2.24, 2.45) is 11.7 Å². The molecule has 0 spiro atoms. The number of methoxy groups -OCH3 is 1. The van der Waals surface area contributed by atoms with Gasteiger partial charge < -0.3 is 10.5 Å². The van der Waals surface area contributed by atoms with Crippen LogP contribution in [-0.2, 0) is 0 Å². The van der Waals surface area contributed by atoms with Crippen molar-refractivity contribution in [3.63, 3.8) is 0 Å². The van der Waals surface area contributed by atoms with Crippen molar-refractivity contribution in [3.8, 4) is 5.75 Å². The van der Waals surface area contributed by atoms with E-state index in [0.717, 1.165) is 24.4 Å². The normalized spacial score (nSPS) is 16.1. The number of nitrogens with two attached hydrogens (primary N) is 1. The van der Waals surface area contributed by atoms with E-state index in [1.165, 1.54) is 11.1 Å². The molecule has 0 aromatic heterocycles. The smallest absolute Gasteiger partial charge is 0.123 e. The van der Waals surface area contributed by atoms with Crippen LogP contribution in [0.1, 0.15) is 28.8 Å². The summed E-state index contributed by atoms with van der Waals surface area (Å²) in [6.45, 7) is 1.96. The first-order chi connectivity index (χ1) is 13.3. The summed E-state index contributed by atoms with van der Waals surface area (Å²) in [6, 6.07) is 29.8. The first-order valence-corrected chi connectivity index (χ1v) is 9.50. The van der Waals surface area contributed by atoms with Gasteiger partial charge in [-0.3, -0.25) is 4.90 Å². The Labute approximate surface area is 161 Å². The van der Waals surface area contributed by atoms with Crippen LogP contribution in [0, 0.1) is 5.92 Å². The lowest BCUT2D eigenvalue weighted by molar-refractivity contribution is 0.0521. The van der Waals surface area contributed by atoms with E-state index in [1.807, 2.05) is 18.2 Å². The number of likely N-dealkylation sites (tertiary alicyclic amines) is 1. The highest BCUT2D eigenvalue weighted by Gasteiger charge is 2.38. The Kier molecular flexibility index (Phi) is 5.23. The van der Waals surface area contributed by atoms with Crippen molar-refractivity contribution in [1.82, 2.24) is 4.90 Å². The Morgan fingerprint density at radius 2 is 1.33 bits per heavy atom. The van der Waals surface area contributed by atoms with E-state index >= 15 is 0 Å². The molecule has 1 atom stereocenters. The third-order valence-electron chi connectivity index (χ3n) is 5.54. The Morgan fingerprint density at radius 1 is 0.815 bits per heavy atom. The van der Waals surface area contributed by atoms with Crippen LogP contribution in [0.25, 0.3) is 0 Å². The molecule has 3 heteroatoms. The third-order valence-corrected chi connectivity index (χ3v) is 5.54. The Morgan fingerprint density at radius 3 is 1.89 bits per heavy atom. The van der Waals surface area contributed by atoms with Gasteiger partial charge >= 0.3 is 0 Å². The van der Waals surface area contributed by atoms with Crippen LogP contribution in [-0.4, -0.2) is 25.1 Å². The van der Waals surface area contributed by atoms with Gasteiger partial charge in [0.25, 0.3) is 0 Å². The Bertz CT molecular complexity index is 820. The van der Waals surface area contributed by atoms with Crippen molar-refractivity contribution in [3.05, 3.63) is 102 Å². The van der Waals surface area contributed by atoms with Gasteiger partial charge in [0, 0.05) is 30.6 Å². The number of ether oxygens (including phenoxy) is 1. The highest BCUT2D eigenvalue weighted by molar-refractivity contribution is 5.37. The molecule has 0 aliphatic carbocycles. The highest BCUT2D eigenvalue weighted by Crippen LogP contribution is 2.39. The zero-order valence-corrected chi connectivity index (χ0v) is 15.7. The molecule has 1 fully saturated rings. The number of rotatable bonds is 6. The molecule has 1 aliphatic rings. The summed E-state index contributed by atoms with van der Waals surface area (Å²) in [7, 11) is 1.71. The topological polar surface area (TPSA) is 38.5 Å². The zero-order valence-electron chi connectivity index (χ0n) is 15.7. The van der Waals surface area contributed by atoms with Crippen molar-refractivity contribution in [1.29, 1.82) is 0 Å². The summed E-state index contributed by atoms with van der Waals surface area (Å²) < 4.78 is 5.50. The quantitative estimate of drug-likeness (QED) is 0.709. The second kappa shape index (κ2) is 7.95. The summed E-state index contributed by atoms with van der Waals surface area (Å²) in [5, 5.41) is 0. The molecule has 0 bridgehead atoms. The highest BCUT2D eigenvalue weighted by atomic mass is 16.5. The monoisotopic (exact) mass is 358 g/mol. The van der Waals surface area contributed by atoms with E-state index in [0.29, 0.717) is 5.92 Å². The molecule has 2 N–H and O–H groups in total. The van der Waals surface area contributed by atoms with Gasteiger partial charge in [0.1, 0.15) is 5.75 Å². The van der Waals surface area contributed by atoms with Gasteiger partial charge in [0.05, 0.1) is 13.2 Å². The molecule has 27 heavy (non-hydrogen) atoms. The van der Waals surface area contributed by atoms with Crippen molar-refractivity contribution in [2.75, 3.05) is 20.2 Å². The van der Waals surface area contributed by atoms with Crippen molar-refractivity contribution >= 4 is 0 Å². The van der Waals surface area contributed by atoms with E-state index in [1.54, 1.807) is 7.11 Å². The molecule has 1 unspecified atom stereocenters. The average Bonchev–Trinajstić information content (AvgIpc) is 2.71. The average molecular weight is 358 g/mol. The van der Waals surface area contributed by atoms with Gasteiger partial charge in [0.15, 0.2) is 0 Å². The number of para-hydroxylation sites is 1. The van der Waals surface area contributed by atoms with Crippen molar-refractivity contribution in [2.45, 2.75) is 12.1 Å². The largest absolute Gasteiger partial charge is 0.496 e. The maximum atomic E-state index is 6.61. The van der Waals surface area contributed by atoms with Gasteiger partial charge in [-0.2, -0.15) is 0 Å². The standard InChI is InChI=1S/C24H26N2O/c1-27-22-15-9-8-14-21(22)23(25)20-16-26(17-20)24(18-10-4-2-5-11-18)19-12-6-3-7-13-19/h2-15,20,23-24H,16-17,25H2,1H3. The SMILES string of the molecule is COc1ccccc1C(N)C1CN(C(c2ccccc2)c2ccccc2)C1.